The molecule has 164 valence electrons. The number of hydrogen-bond acceptors (Lipinski definition) is 5. The zero-order valence-corrected chi connectivity index (χ0v) is 18.7. The third-order valence-electron chi connectivity index (χ3n) is 6.57. The summed E-state index contributed by atoms with van der Waals surface area (Å²) in [6, 6.07) is 4.81. The quantitative estimate of drug-likeness (QED) is 0.699. The number of aromatic carboxylic acids is 1. The minimum absolute atomic E-state index is 0.239. The molecule has 0 amide bonds. The van der Waals surface area contributed by atoms with E-state index in [2.05, 4.69) is 53.6 Å². The van der Waals surface area contributed by atoms with E-state index >= 15 is 0 Å². The SMILES string of the molecule is CCN(c1cc(C#CCN2CC(O)C2)cc(C(=O)O)c1C)[C@H]1CC[C@H](N(C)C)CC1. The fourth-order valence-electron chi connectivity index (χ4n) is 4.73. The van der Waals surface area contributed by atoms with Gasteiger partial charge in [0.05, 0.1) is 18.2 Å². The van der Waals surface area contributed by atoms with Crippen LogP contribution in [0.25, 0.3) is 0 Å². The molecule has 1 aliphatic heterocycles. The molecule has 2 N–H and O–H groups in total. The summed E-state index contributed by atoms with van der Waals surface area (Å²) in [7, 11) is 4.30. The molecule has 1 aliphatic carbocycles. The second-order valence-corrected chi connectivity index (χ2v) is 8.83. The van der Waals surface area contributed by atoms with Gasteiger partial charge in [-0.25, -0.2) is 4.79 Å². The Balaban J connectivity index is 1.83. The largest absolute Gasteiger partial charge is 0.478 e. The number of carbonyl (C=O) groups is 1. The highest BCUT2D eigenvalue weighted by atomic mass is 16.4. The maximum atomic E-state index is 11.9. The van der Waals surface area contributed by atoms with Gasteiger partial charge in [-0.3, -0.25) is 4.90 Å². The summed E-state index contributed by atoms with van der Waals surface area (Å²) in [5.41, 5.74) is 2.89. The van der Waals surface area contributed by atoms with Gasteiger partial charge in [0.1, 0.15) is 0 Å². The number of β-amino-alcohol motifs (C(OH)–C–C–N with tert-alkyl or cyclic N) is 1. The van der Waals surface area contributed by atoms with Crippen LogP contribution in [-0.4, -0.2) is 84.4 Å². The van der Waals surface area contributed by atoms with Crippen molar-refractivity contribution in [2.24, 2.45) is 0 Å². The molecule has 0 atom stereocenters. The van der Waals surface area contributed by atoms with Gasteiger partial charge < -0.3 is 20.0 Å². The van der Waals surface area contributed by atoms with Crippen molar-refractivity contribution in [1.29, 1.82) is 0 Å². The van der Waals surface area contributed by atoms with E-state index in [1.165, 1.54) is 12.8 Å². The Morgan fingerprint density at radius 2 is 1.80 bits per heavy atom. The van der Waals surface area contributed by atoms with Crippen LogP contribution in [0.2, 0.25) is 0 Å². The topological polar surface area (TPSA) is 67.2 Å². The van der Waals surface area contributed by atoms with Gasteiger partial charge in [-0.05, 0) is 71.3 Å². The molecule has 1 aromatic rings. The summed E-state index contributed by atoms with van der Waals surface area (Å²) in [5.74, 6) is 5.39. The summed E-state index contributed by atoms with van der Waals surface area (Å²) in [6.07, 6.45) is 4.33. The molecule has 6 heteroatoms. The van der Waals surface area contributed by atoms with Crippen molar-refractivity contribution >= 4 is 11.7 Å². The first kappa shape index (κ1) is 22.6. The second-order valence-electron chi connectivity index (χ2n) is 8.83. The Morgan fingerprint density at radius 1 is 1.17 bits per heavy atom. The zero-order chi connectivity index (χ0) is 21.8. The van der Waals surface area contributed by atoms with Crippen molar-refractivity contribution in [1.82, 2.24) is 9.80 Å². The van der Waals surface area contributed by atoms with Crippen molar-refractivity contribution in [2.45, 2.75) is 57.7 Å². The van der Waals surface area contributed by atoms with E-state index in [-0.39, 0.29) is 6.10 Å². The number of hydrogen-bond donors (Lipinski definition) is 2. The van der Waals surface area contributed by atoms with Gasteiger partial charge in [-0.2, -0.15) is 0 Å². The summed E-state index contributed by atoms with van der Waals surface area (Å²) >= 11 is 0. The smallest absolute Gasteiger partial charge is 0.336 e. The minimum Gasteiger partial charge on any atom is -0.478 e. The Hall–Kier alpha value is -2.07. The van der Waals surface area contributed by atoms with E-state index in [9.17, 15) is 15.0 Å². The minimum atomic E-state index is -0.907. The lowest BCUT2D eigenvalue weighted by molar-refractivity contribution is 0.0111. The number of likely N-dealkylation sites (tertiary alicyclic amines) is 1. The predicted molar refractivity (Wildman–Crippen MR) is 120 cm³/mol. The molecule has 1 heterocycles. The molecule has 0 bridgehead atoms. The molecule has 6 nitrogen and oxygen atoms in total. The Bertz CT molecular complexity index is 813. The number of nitrogens with zero attached hydrogens (tertiary/aromatic N) is 3. The molecule has 0 radical (unpaired) electrons. The number of carboxylic acids is 1. The third kappa shape index (κ3) is 5.15. The summed E-state index contributed by atoms with van der Waals surface area (Å²) < 4.78 is 0. The first-order valence-corrected chi connectivity index (χ1v) is 11.0. The first-order valence-electron chi connectivity index (χ1n) is 11.0. The Morgan fingerprint density at radius 3 is 2.33 bits per heavy atom. The second kappa shape index (κ2) is 9.82. The number of aliphatic hydroxyl groups is 1. The first-order chi connectivity index (χ1) is 14.3. The van der Waals surface area contributed by atoms with Gasteiger partial charge in [0.2, 0.25) is 0 Å². The lowest BCUT2D eigenvalue weighted by atomic mass is 9.88. The maximum Gasteiger partial charge on any atom is 0.336 e. The summed E-state index contributed by atoms with van der Waals surface area (Å²) in [6.45, 7) is 6.81. The molecule has 1 saturated heterocycles. The standard InChI is InChI=1S/C24H35N3O3/c1-5-27(20-10-8-19(9-11-20)25(3)4)23-14-18(13-22(17(23)2)24(29)30)7-6-12-26-15-21(28)16-26/h13-14,19-21,28H,5,8-12,15-16H2,1-4H3,(H,29,30)/t19-,20-. The van der Waals surface area contributed by atoms with Crippen LogP contribution in [0.1, 0.15) is 54.1 Å². The van der Waals surface area contributed by atoms with Crippen molar-refractivity contribution in [3.05, 3.63) is 28.8 Å². The van der Waals surface area contributed by atoms with Gasteiger partial charge in [-0.15, -0.1) is 0 Å². The highest BCUT2D eigenvalue weighted by Gasteiger charge is 2.28. The van der Waals surface area contributed by atoms with Crippen LogP contribution in [-0.2, 0) is 0 Å². The predicted octanol–water partition coefficient (Wildman–Crippen LogP) is 2.42. The number of aliphatic hydroxyl groups excluding tert-OH is 1. The van der Waals surface area contributed by atoms with Gasteiger partial charge in [0.25, 0.3) is 0 Å². The molecule has 1 saturated carbocycles. The van der Waals surface area contributed by atoms with Crippen LogP contribution >= 0.6 is 0 Å². The highest BCUT2D eigenvalue weighted by Crippen LogP contribution is 2.33. The van der Waals surface area contributed by atoms with E-state index in [4.69, 9.17) is 0 Å². The summed E-state index contributed by atoms with van der Waals surface area (Å²) in [4.78, 5) is 18.7. The average Bonchev–Trinajstić information content (AvgIpc) is 2.69. The lowest BCUT2D eigenvalue weighted by Crippen LogP contribution is -2.50. The third-order valence-corrected chi connectivity index (χ3v) is 6.57. The molecule has 3 rings (SSSR count). The molecule has 0 aromatic heterocycles. The fraction of sp³-hybridized carbons (Fsp3) is 0.625. The van der Waals surface area contributed by atoms with Gasteiger partial charge in [0.15, 0.2) is 0 Å². The summed E-state index contributed by atoms with van der Waals surface area (Å²) in [5, 5.41) is 19.2. The van der Waals surface area contributed by atoms with Crippen LogP contribution in [0.4, 0.5) is 5.69 Å². The van der Waals surface area contributed by atoms with Gasteiger partial charge >= 0.3 is 5.97 Å². The molecule has 2 aliphatic rings. The van der Waals surface area contributed by atoms with Gasteiger partial charge in [-0.1, -0.05) is 11.8 Å². The number of benzene rings is 1. The number of carboxylic acid groups (broad SMARTS) is 1. The fourth-order valence-corrected chi connectivity index (χ4v) is 4.73. The Labute approximate surface area is 180 Å². The lowest BCUT2D eigenvalue weighted by Gasteiger charge is -2.40. The monoisotopic (exact) mass is 413 g/mol. The van der Waals surface area contributed by atoms with Crippen molar-refractivity contribution < 1.29 is 15.0 Å². The van der Waals surface area contributed by atoms with Crippen LogP contribution in [0.15, 0.2) is 12.1 Å². The maximum absolute atomic E-state index is 11.9. The van der Waals surface area contributed by atoms with E-state index in [0.29, 0.717) is 37.3 Å². The normalized spacial score (nSPS) is 22.3. The average molecular weight is 414 g/mol. The molecular weight excluding hydrogens is 378 g/mol. The molecule has 2 fully saturated rings. The van der Waals surface area contributed by atoms with Crippen LogP contribution in [0.3, 0.4) is 0 Å². The zero-order valence-electron chi connectivity index (χ0n) is 18.7. The molecule has 30 heavy (non-hydrogen) atoms. The number of anilines is 1. The molecule has 0 unspecified atom stereocenters. The van der Waals surface area contributed by atoms with Crippen molar-refractivity contribution in [2.75, 3.05) is 45.2 Å². The van der Waals surface area contributed by atoms with E-state index in [1.54, 1.807) is 6.07 Å². The van der Waals surface area contributed by atoms with Gasteiger partial charge in [0, 0.05) is 43.0 Å². The molecular formula is C24H35N3O3. The van der Waals surface area contributed by atoms with Crippen LogP contribution < -0.4 is 4.90 Å². The van der Waals surface area contributed by atoms with Crippen molar-refractivity contribution in [3.8, 4) is 11.8 Å². The Kier molecular flexibility index (Phi) is 7.41. The van der Waals surface area contributed by atoms with Crippen LogP contribution in [0.5, 0.6) is 0 Å². The molecule has 0 spiro atoms. The van der Waals surface area contributed by atoms with E-state index in [0.717, 1.165) is 36.2 Å². The molecule has 1 aromatic carbocycles. The van der Waals surface area contributed by atoms with E-state index in [1.807, 2.05) is 6.92 Å². The number of rotatable bonds is 6. The van der Waals surface area contributed by atoms with Crippen LogP contribution in [0, 0.1) is 18.8 Å². The van der Waals surface area contributed by atoms with E-state index < -0.39 is 5.97 Å². The highest BCUT2D eigenvalue weighted by molar-refractivity contribution is 5.92. The van der Waals surface area contributed by atoms with Crippen molar-refractivity contribution in [3.63, 3.8) is 0 Å².